The summed E-state index contributed by atoms with van der Waals surface area (Å²) >= 11 is 1.74. The number of carbonyl (C=O) groups is 2. The molecule has 1 aromatic rings. The molecule has 1 unspecified atom stereocenters. The summed E-state index contributed by atoms with van der Waals surface area (Å²) in [6.07, 6.45) is 2.21. The Labute approximate surface area is 117 Å². The molecule has 0 aliphatic rings. The van der Waals surface area contributed by atoms with E-state index in [1.807, 2.05) is 18.4 Å². The number of ether oxygens (including phenoxy) is 1. The summed E-state index contributed by atoms with van der Waals surface area (Å²) in [5, 5.41) is 2.77. The number of nitrogens with one attached hydrogen (secondary N) is 1. The largest absolute Gasteiger partial charge is 0.469 e. The molecule has 0 spiro atoms. The molecule has 104 valence electrons. The molecule has 4 nitrogen and oxygen atoms in total. The van der Waals surface area contributed by atoms with Gasteiger partial charge in [0.1, 0.15) is 0 Å². The first-order valence-electron chi connectivity index (χ1n) is 6.02. The number of rotatable bonds is 6. The normalized spacial score (nSPS) is 11.7. The SMILES string of the molecule is COC(=O)CC(C)NC(=O)c1ccc(CSC)cc1. The van der Waals surface area contributed by atoms with Gasteiger partial charge in [0.05, 0.1) is 13.5 Å². The van der Waals surface area contributed by atoms with E-state index in [9.17, 15) is 9.59 Å². The van der Waals surface area contributed by atoms with Crippen LogP contribution in [0.3, 0.4) is 0 Å². The molecule has 0 aliphatic carbocycles. The summed E-state index contributed by atoms with van der Waals surface area (Å²) in [6, 6.07) is 7.23. The molecule has 19 heavy (non-hydrogen) atoms. The topological polar surface area (TPSA) is 55.4 Å². The minimum Gasteiger partial charge on any atom is -0.469 e. The molecule has 0 radical (unpaired) electrons. The van der Waals surface area contributed by atoms with Crippen LogP contribution in [0.25, 0.3) is 0 Å². The number of hydrogen-bond donors (Lipinski definition) is 1. The van der Waals surface area contributed by atoms with Gasteiger partial charge in [-0.15, -0.1) is 0 Å². The molecule has 0 saturated heterocycles. The van der Waals surface area contributed by atoms with Crippen molar-refractivity contribution in [1.29, 1.82) is 0 Å². The molecule has 0 fully saturated rings. The Balaban J connectivity index is 2.55. The van der Waals surface area contributed by atoms with E-state index in [4.69, 9.17) is 0 Å². The molecule has 5 heteroatoms. The smallest absolute Gasteiger partial charge is 0.307 e. The first-order chi connectivity index (χ1) is 9.06. The van der Waals surface area contributed by atoms with Gasteiger partial charge in [0.25, 0.3) is 5.91 Å². The molecule has 1 rings (SSSR count). The third-order valence-corrected chi connectivity index (χ3v) is 3.23. The summed E-state index contributed by atoms with van der Waals surface area (Å²) < 4.78 is 4.56. The maximum absolute atomic E-state index is 11.9. The van der Waals surface area contributed by atoms with Gasteiger partial charge in [-0.3, -0.25) is 9.59 Å². The monoisotopic (exact) mass is 281 g/mol. The Morgan fingerprint density at radius 3 is 2.47 bits per heavy atom. The second-order valence-electron chi connectivity index (χ2n) is 4.28. The molecule has 1 amide bonds. The molecule has 1 aromatic carbocycles. The standard InChI is InChI=1S/C14H19NO3S/c1-10(8-13(16)18-2)15-14(17)12-6-4-11(5-7-12)9-19-3/h4-7,10H,8-9H2,1-3H3,(H,15,17). The van der Waals surface area contributed by atoms with Gasteiger partial charge in [0.15, 0.2) is 0 Å². The number of amides is 1. The molecule has 0 saturated carbocycles. The zero-order chi connectivity index (χ0) is 14.3. The second-order valence-corrected chi connectivity index (χ2v) is 5.15. The molecule has 1 atom stereocenters. The van der Waals surface area contributed by atoms with Crippen molar-refractivity contribution in [3.8, 4) is 0 Å². The molecular weight excluding hydrogens is 262 g/mol. The zero-order valence-electron chi connectivity index (χ0n) is 11.4. The number of carbonyl (C=O) groups excluding carboxylic acids is 2. The van der Waals surface area contributed by atoms with E-state index in [1.54, 1.807) is 30.8 Å². The van der Waals surface area contributed by atoms with Gasteiger partial charge in [-0.1, -0.05) is 12.1 Å². The third-order valence-electron chi connectivity index (χ3n) is 2.61. The van der Waals surface area contributed by atoms with Gasteiger partial charge in [0, 0.05) is 17.4 Å². The Morgan fingerprint density at radius 1 is 1.32 bits per heavy atom. The average Bonchev–Trinajstić information content (AvgIpc) is 2.39. The van der Waals surface area contributed by atoms with Gasteiger partial charge < -0.3 is 10.1 Å². The first kappa shape index (κ1) is 15.6. The summed E-state index contributed by atoms with van der Waals surface area (Å²) in [5.41, 5.74) is 1.79. The maximum atomic E-state index is 11.9. The molecular formula is C14H19NO3S. The van der Waals surface area contributed by atoms with Crippen LogP contribution in [-0.4, -0.2) is 31.3 Å². The van der Waals surface area contributed by atoms with Crippen LogP contribution in [0.15, 0.2) is 24.3 Å². The van der Waals surface area contributed by atoms with E-state index < -0.39 is 0 Å². The van der Waals surface area contributed by atoms with Crippen molar-refractivity contribution < 1.29 is 14.3 Å². The molecule has 1 N–H and O–H groups in total. The Bertz CT molecular complexity index is 431. The lowest BCUT2D eigenvalue weighted by molar-refractivity contribution is -0.141. The van der Waals surface area contributed by atoms with Crippen molar-refractivity contribution >= 4 is 23.6 Å². The van der Waals surface area contributed by atoms with Crippen molar-refractivity contribution in [3.63, 3.8) is 0 Å². The van der Waals surface area contributed by atoms with Gasteiger partial charge in [-0.25, -0.2) is 0 Å². The summed E-state index contributed by atoms with van der Waals surface area (Å²) in [5.74, 6) is 0.427. The molecule has 0 aliphatic heterocycles. The fourth-order valence-corrected chi connectivity index (χ4v) is 2.14. The van der Waals surface area contributed by atoms with Crippen molar-refractivity contribution in [1.82, 2.24) is 5.32 Å². The van der Waals surface area contributed by atoms with E-state index in [2.05, 4.69) is 10.1 Å². The Kier molecular flexibility index (Phi) is 6.42. The lowest BCUT2D eigenvalue weighted by Gasteiger charge is -2.12. The van der Waals surface area contributed by atoms with Gasteiger partial charge in [0.2, 0.25) is 0 Å². The van der Waals surface area contributed by atoms with Crippen LogP contribution in [0.5, 0.6) is 0 Å². The highest BCUT2D eigenvalue weighted by Gasteiger charge is 2.13. The van der Waals surface area contributed by atoms with Crippen LogP contribution in [0, 0.1) is 0 Å². The molecule has 0 heterocycles. The highest BCUT2D eigenvalue weighted by atomic mass is 32.2. The number of esters is 1. The van der Waals surface area contributed by atoms with Crippen molar-refractivity contribution in [2.75, 3.05) is 13.4 Å². The van der Waals surface area contributed by atoms with E-state index in [0.29, 0.717) is 5.56 Å². The van der Waals surface area contributed by atoms with Crippen LogP contribution >= 0.6 is 11.8 Å². The molecule has 0 aromatic heterocycles. The summed E-state index contributed by atoms with van der Waals surface area (Å²) in [6.45, 7) is 1.77. The number of methoxy groups -OCH3 is 1. The summed E-state index contributed by atoms with van der Waals surface area (Å²) in [4.78, 5) is 23.0. The molecule has 0 bridgehead atoms. The average molecular weight is 281 g/mol. The van der Waals surface area contributed by atoms with Crippen LogP contribution in [0.4, 0.5) is 0 Å². The third kappa shape index (κ3) is 5.34. The van der Waals surface area contributed by atoms with Gasteiger partial charge >= 0.3 is 5.97 Å². The first-order valence-corrected chi connectivity index (χ1v) is 7.41. The fraction of sp³-hybridized carbons (Fsp3) is 0.429. The minimum atomic E-state index is -0.330. The van der Waals surface area contributed by atoms with Crippen molar-refractivity contribution in [2.45, 2.75) is 25.1 Å². The Hall–Kier alpha value is -1.49. The van der Waals surface area contributed by atoms with Crippen LogP contribution in [-0.2, 0) is 15.3 Å². The minimum absolute atomic E-state index is 0.173. The lowest BCUT2D eigenvalue weighted by Crippen LogP contribution is -2.34. The van der Waals surface area contributed by atoms with Gasteiger partial charge in [-0.2, -0.15) is 11.8 Å². The van der Waals surface area contributed by atoms with E-state index in [1.165, 1.54) is 12.7 Å². The highest BCUT2D eigenvalue weighted by molar-refractivity contribution is 7.97. The van der Waals surface area contributed by atoms with Crippen molar-refractivity contribution in [3.05, 3.63) is 35.4 Å². The number of hydrogen-bond acceptors (Lipinski definition) is 4. The van der Waals surface area contributed by atoms with Crippen LogP contribution in [0.2, 0.25) is 0 Å². The second kappa shape index (κ2) is 7.84. The lowest BCUT2D eigenvalue weighted by atomic mass is 10.1. The van der Waals surface area contributed by atoms with Crippen LogP contribution in [0.1, 0.15) is 29.3 Å². The maximum Gasteiger partial charge on any atom is 0.307 e. The number of thioether (sulfide) groups is 1. The van der Waals surface area contributed by atoms with Crippen LogP contribution < -0.4 is 5.32 Å². The van der Waals surface area contributed by atoms with E-state index in [0.717, 1.165) is 5.75 Å². The number of benzene rings is 1. The van der Waals surface area contributed by atoms with E-state index >= 15 is 0 Å². The van der Waals surface area contributed by atoms with E-state index in [-0.39, 0.29) is 24.3 Å². The fourth-order valence-electron chi connectivity index (χ4n) is 1.61. The quantitative estimate of drug-likeness (QED) is 0.812. The Morgan fingerprint density at radius 2 is 1.95 bits per heavy atom. The predicted molar refractivity (Wildman–Crippen MR) is 77.2 cm³/mol. The predicted octanol–water partition coefficient (Wildman–Crippen LogP) is 2.23. The summed E-state index contributed by atoms with van der Waals surface area (Å²) in [7, 11) is 1.33. The van der Waals surface area contributed by atoms with Crippen molar-refractivity contribution in [2.24, 2.45) is 0 Å². The van der Waals surface area contributed by atoms with Gasteiger partial charge in [-0.05, 0) is 30.9 Å². The highest BCUT2D eigenvalue weighted by Crippen LogP contribution is 2.10. The zero-order valence-corrected chi connectivity index (χ0v) is 12.3.